The van der Waals surface area contributed by atoms with Crippen molar-refractivity contribution in [1.29, 1.82) is 0 Å². The fourth-order valence-corrected chi connectivity index (χ4v) is 4.46. The molecular formula is C13H16ClNO4S. The minimum atomic E-state index is -3.55. The molecule has 1 aromatic carbocycles. The Bertz CT molecular complexity index is 619. The van der Waals surface area contributed by atoms with Crippen LogP contribution in [0.3, 0.4) is 0 Å². The standard InChI is InChI=1S/C13H16ClNO4S/c1-18-12-3-2-8(6-10(12)14)20(16,17)15-11-7-13-9(11)4-5-19-13/h2-3,6,9,11,13,15H,4-5,7H2,1H3/t9-,11+,13+/m0/s1. The summed E-state index contributed by atoms with van der Waals surface area (Å²) < 4.78 is 37.9. The van der Waals surface area contributed by atoms with Gasteiger partial charge in [-0.05, 0) is 31.0 Å². The summed E-state index contributed by atoms with van der Waals surface area (Å²) in [6.07, 6.45) is 1.89. The number of ether oxygens (including phenoxy) is 2. The largest absolute Gasteiger partial charge is 0.495 e. The van der Waals surface area contributed by atoms with Crippen LogP contribution in [-0.4, -0.2) is 34.3 Å². The summed E-state index contributed by atoms with van der Waals surface area (Å²) in [6.45, 7) is 0.724. The first-order chi connectivity index (χ1) is 9.51. The maximum Gasteiger partial charge on any atom is 0.240 e. The SMILES string of the molecule is COc1ccc(S(=O)(=O)N[C@@H]2C[C@H]3OCC[C@@H]23)cc1Cl. The van der Waals surface area contributed by atoms with Crippen molar-refractivity contribution in [2.45, 2.75) is 29.9 Å². The van der Waals surface area contributed by atoms with Crippen LogP contribution in [0.1, 0.15) is 12.8 Å². The van der Waals surface area contributed by atoms with Crippen LogP contribution in [0.5, 0.6) is 5.75 Å². The molecule has 1 heterocycles. The molecule has 0 unspecified atom stereocenters. The van der Waals surface area contributed by atoms with Gasteiger partial charge in [0.1, 0.15) is 5.75 Å². The van der Waals surface area contributed by atoms with Crippen LogP contribution in [0.4, 0.5) is 0 Å². The highest BCUT2D eigenvalue weighted by Crippen LogP contribution is 2.39. The lowest BCUT2D eigenvalue weighted by Crippen LogP contribution is -2.53. The summed E-state index contributed by atoms with van der Waals surface area (Å²) >= 11 is 5.97. The lowest BCUT2D eigenvalue weighted by Gasteiger charge is -2.39. The second-order valence-corrected chi connectivity index (χ2v) is 7.24. The molecule has 1 saturated heterocycles. The van der Waals surface area contributed by atoms with Crippen molar-refractivity contribution < 1.29 is 17.9 Å². The Kier molecular flexibility index (Phi) is 3.66. The average Bonchev–Trinajstić information content (AvgIpc) is 2.77. The molecule has 1 N–H and O–H groups in total. The highest BCUT2D eigenvalue weighted by atomic mass is 35.5. The van der Waals surface area contributed by atoms with Gasteiger partial charge in [-0.25, -0.2) is 13.1 Å². The van der Waals surface area contributed by atoms with E-state index in [0.717, 1.165) is 19.4 Å². The molecule has 1 saturated carbocycles. The van der Waals surface area contributed by atoms with E-state index in [2.05, 4.69) is 4.72 Å². The van der Waals surface area contributed by atoms with Gasteiger partial charge in [0, 0.05) is 18.6 Å². The predicted octanol–water partition coefficient (Wildman–Crippen LogP) is 1.80. The van der Waals surface area contributed by atoms with Crippen LogP contribution in [-0.2, 0) is 14.8 Å². The molecule has 0 bridgehead atoms. The van der Waals surface area contributed by atoms with Gasteiger partial charge in [-0.2, -0.15) is 0 Å². The zero-order valence-electron chi connectivity index (χ0n) is 11.0. The molecule has 0 amide bonds. The third-order valence-electron chi connectivity index (χ3n) is 4.00. The summed E-state index contributed by atoms with van der Waals surface area (Å²) in [6, 6.07) is 4.42. The molecule has 2 aliphatic rings. The number of halogens is 1. The zero-order valence-corrected chi connectivity index (χ0v) is 12.6. The van der Waals surface area contributed by atoms with E-state index in [1.807, 2.05) is 0 Å². The summed E-state index contributed by atoms with van der Waals surface area (Å²) in [4.78, 5) is 0.158. The Balaban J connectivity index is 1.76. The predicted molar refractivity (Wildman–Crippen MR) is 74.6 cm³/mol. The molecule has 3 rings (SSSR count). The van der Waals surface area contributed by atoms with Crippen LogP contribution < -0.4 is 9.46 Å². The highest BCUT2D eigenvalue weighted by molar-refractivity contribution is 7.89. The lowest BCUT2D eigenvalue weighted by molar-refractivity contribution is 0.0143. The molecule has 3 atom stereocenters. The van der Waals surface area contributed by atoms with Crippen molar-refractivity contribution in [3.8, 4) is 5.75 Å². The van der Waals surface area contributed by atoms with E-state index in [1.54, 1.807) is 6.07 Å². The average molecular weight is 318 g/mol. The number of benzene rings is 1. The van der Waals surface area contributed by atoms with Gasteiger partial charge in [0.25, 0.3) is 0 Å². The Hall–Kier alpha value is -0.820. The van der Waals surface area contributed by atoms with Crippen LogP contribution in [0.25, 0.3) is 0 Å². The molecule has 1 aliphatic carbocycles. The molecule has 0 aromatic heterocycles. The molecule has 0 radical (unpaired) electrons. The topological polar surface area (TPSA) is 64.6 Å². The van der Waals surface area contributed by atoms with Crippen molar-refractivity contribution >= 4 is 21.6 Å². The summed E-state index contributed by atoms with van der Waals surface area (Å²) in [7, 11) is -2.06. The molecule has 20 heavy (non-hydrogen) atoms. The molecule has 7 heteroatoms. The molecule has 5 nitrogen and oxygen atoms in total. The van der Waals surface area contributed by atoms with Gasteiger partial charge in [-0.3, -0.25) is 0 Å². The maximum atomic E-state index is 12.3. The minimum absolute atomic E-state index is 0.0339. The first-order valence-corrected chi connectivity index (χ1v) is 8.35. The van der Waals surface area contributed by atoms with Gasteiger partial charge in [-0.15, -0.1) is 0 Å². The summed E-state index contributed by atoms with van der Waals surface area (Å²) in [5.41, 5.74) is 0. The number of sulfonamides is 1. The van der Waals surface area contributed by atoms with Gasteiger partial charge in [0.05, 0.1) is 23.1 Å². The second-order valence-electron chi connectivity index (χ2n) is 5.12. The quantitative estimate of drug-likeness (QED) is 0.919. The Morgan fingerprint density at radius 2 is 2.25 bits per heavy atom. The van der Waals surface area contributed by atoms with E-state index in [1.165, 1.54) is 19.2 Å². The second kappa shape index (κ2) is 5.18. The van der Waals surface area contributed by atoms with E-state index in [0.29, 0.717) is 11.7 Å². The first kappa shape index (κ1) is 14.1. The van der Waals surface area contributed by atoms with Crippen molar-refractivity contribution in [3.05, 3.63) is 23.2 Å². The molecule has 0 spiro atoms. The van der Waals surface area contributed by atoms with Crippen LogP contribution in [0.15, 0.2) is 23.1 Å². The number of methoxy groups -OCH3 is 1. The van der Waals surface area contributed by atoms with E-state index >= 15 is 0 Å². The fourth-order valence-electron chi connectivity index (χ4n) is 2.81. The van der Waals surface area contributed by atoms with E-state index in [4.69, 9.17) is 21.1 Å². The van der Waals surface area contributed by atoms with Gasteiger partial charge in [-0.1, -0.05) is 11.6 Å². The monoisotopic (exact) mass is 317 g/mol. The number of hydrogen-bond acceptors (Lipinski definition) is 4. The molecule has 110 valence electrons. The van der Waals surface area contributed by atoms with E-state index < -0.39 is 10.0 Å². The van der Waals surface area contributed by atoms with Gasteiger partial charge < -0.3 is 9.47 Å². The minimum Gasteiger partial charge on any atom is -0.495 e. The van der Waals surface area contributed by atoms with Crippen LogP contribution in [0, 0.1) is 5.92 Å². The lowest BCUT2D eigenvalue weighted by atomic mass is 9.77. The van der Waals surface area contributed by atoms with Gasteiger partial charge in [0.2, 0.25) is 10.0 Å². The zero-order chi connectivity index (χ0) is 14.3. The number of nitrogens with one attached hydrogen (secondary N) is 1. The van der Waals surface area contributed by atoms with Crippen molar-refractivity contribution in [2.75, 3.05) is 13.7 Å². The fraction of sp³-hybridized carbons (Fsp3) is 0.538. The summed E-state index contributed by atoms with van der Waals surface area (Å²) in [5.74, 6) is 0.761. The summed E-state index contributed by atoms with van der Waals surface area (Å²) in [5, 5.41) is 0.283. The van der Waals surface area contributed by atoms with Crippen LogP contribution in [0.2, 0.25) is 5.02 Å². The van der Waals surface area contributed by atoms with Crippen molar-refractivity contribution in [2.24, 2.45) is 5.92 Å². The third kappa shape index (κ3) is 2.41. The smallest absolute Gasteiger partial charge is 0.240 e. The van der Waals surface area contributed by atoms with Gasteiger partial charge in [0.15, 0.2) is 0 Å². The van der Waals surface area contributed by atoms with E-state index in [9.17, 15) is 8.42 Å². The maximum absolute atomic E-state index is 12.3. The molecule has 2 fully saturated rings. The van der Waals surface area contributed by atoms with Crippen molar-refractivity contribution in [1.82, 2.24) is 4.72 Å². The molecule has 1 aromatic rings. The van der Waals surface area contributed by atoms with E-state index in [-0.39, 0.29) is 22.1 Å². The Morgan fingerprint density at radius 1 is 1.45 bits per heavy atom. The van der Waals surface area contributed by atoms with Crippen molar-refractivity contribution in [3.63, 3.8) is 0 Å². The van der Waals surface area contributed by atoms with Gasteiger partial charge >= 0.3 is 0 Å². The number of fused-ring (bicyclic) bond motifs is 1. The molecule has 1 aliphatic heterocycles. The first-order valence-electron chi connectivity index (χ1n) is 6.49. The Labute approximate surface area is 123 Å². The number of rotatable bonds is 4. The number of hydrogen-bond donors (Lipinski definition) is 1. The van der Waals surface area contributed by atoms with Crippen LogP contribution >= 0.6 is 11.6 Å². The highest BCUT2D eigenvalue weighted by Gasteiger charge is 2.46. The third-order valence-corrected chi connectivity index (χ3v) is 5.79. The Morgan fingerprint density at radius 3 is 2.90 bits per heavy atom. The normalized spacial score (nSPS) is 28.8. The molecular weight excluding hydrogens is 302 g/mol.